The van der Waals surface area contributed by atoms with Crippen molar-refractivity contribution in [3.05, 3.63) is 54.0 Å². The van der Waals surface area contributed by atoms with Crippen LogP contribution >= 0.6 is 0 Å². The molecule has 6 heteroatoms. The maximum absolute atomic E-state index is 5.99. The van der Waals surface area contributed by atoms with E-state index in [0.29, 0.717) is 18.5 Å². The van der Waals surface area contributed by atoms with E-state index in [1.807, 2.05) is 36.5 Å². The molecule has 0 aromatic carbocycles. The number of hydrogen-bond donors (Lipinski definition) is 2. The molecule has 2 aromatic heterocycles. The van der Waals surface area contributed by atoms with Crippen molar-refractivity contribution in [1.29, 1.82) is 0 Å². The van der Waals surface area contributed by atoms with Crippen LogP contribution in [-0.2, 0) is 13.0 Å². The van der Waals surface area contributed by atoms with Crippen LogP contribution in [0.2, 0.25) is 0 Å². The Kier molecular flexibility index (Phi) is 7.45. The van der Waals surface area contributed by atoms with Crippen molar-refractivity contribution in [2.24, 2.45) is 4.99 Å². The predicted molar refractivity (Wildman–Crippen MR) is 108 cm³/mol. The number of nitrogens with one attached hydrogen (secondary N) is 2. The summed E-state index contributed by atoms with van der Waals surface area (Å²) in [4.78, 5) is 13.4. The Hall–Kier alpha value is -2.63. The Balaban J connectivity index is 1.52. The van der Waals surface area contributed by atoms with Crippen molar-refractivity contribution in [2.75, 3.05) is 13.1 Å². The first-order chi connectivity index (χ1) is 13.3. The van der Waals surface area contributed by atoms with Crippen LogP contribution in [0.3, 0.4) is 0 Å². The van der Waals surface area contributed by atoms with Crippen molar-refractivity contribution in [1.82, 2.24) is 20.6 Å². The van der Waals surface area contributed by atoms with Crippen molar-refractivity contribution in [3.63, 3.8) is 0 Å². The fraction of sp³-hybridized carbons (Fsp3) is 0.476. The van der Waals surface area contributed by atoms with E-state index in [1.54, 1.807) is 6.20 Å². The molecule has 2 heterocycles. The highest BCUT2D eigenvalue weighted by Gasteiger charge is 2.16. The molecule has 3 rings (SSSR count). The van der Waals surface area contributed by atoms with E-state index < -0.39 is 0 Å². The van der Waals surface area contributed by atoms with Gasteiger partial charge in [-0.3, -0.25) is 4.98 Å². The van der Waals surface area contributed by atoms with E-state index in [4.69, 9.17) is 4.74 Å². The molecule has 0 saturated heterocycles. The smallest absolute Gasteiger partial charge is 0.213 e. The Morgan fingerprint density at radius 3 is 2.81 bits per heavy atom. The summed E-state index contributed by atoms with van der Waals surface area (Å²) in [6.07, 6.45) is 9.58. The molecule has 6 nitrogen and oxygen atoms in total. The van der Waals surface area contributed by atoms with Crippen molar-refractivity contribution >= 4 is 5.96 Å². The summed E-state index contributed by atoms with van der Waals surface area (Å²) in [7, 11) is 0. The zero-order valence-electron chi connectivity index (χ0n) is 16.0. The minimum absolute atomic E-state index is 0.321. The van der Waals surface area contributed by atoms with Crippen LogP contribution in [0.15, 0.2) is 47.7 Å². The molecule has 0 radical (unpaired) electrons. The third-order valence-electron chi connectivity index (χ3n) is 4.55. The first-order valence-electron chi connectivity index (χ1n) is 9.87. The third-order valence-corrected chi connectivity index (χ3v) is 4.55. The van der Waals surface area contributed by atoms with Gasteiger partial charge in [0.25, 0.3) is 0 Å². The molecule has 2 aromatic rings. The van der Waals surface area contributed by atoms with E-state index >= 15 is 0 Å². The maximum atomic E-state index is 5.99. The molecule has 1 aliphatic carbocycles. The minimum atomic E-state index is 0.321. The van der Waals surface area contributed by atoms with Gasteiger partial charge < -0.3 is 15.4 Å². The fourth-order valence-corrected chi connectivity index (χ4v) is 3.16. The van der Waals surface area contributed by atoms with E-state index in [1.165, 1.54) is 12.8 Å². The zero-order chi connectivity index (χ0) is 18.7. The lowest BCUT2D eigenvalue weighted by molar-refractivity contribution is 0.201. The van der Waals surface area contributed by atoms with Crippen LogP contribution in [0.4, 0.5) is 0 Å². The van der Waals surface area contributed by atoms with Gasteiger partial charge in [-0.05, 0) is 56.4 Å². The van der Waals surface area contributed by atoms with Crippen LogP contribution in [0, 0.1) is 0 Å². The Labute approximate surface area is 161 Å². The first kappa shape index (κ1) is 19.1. The van der Waals surface area contributed by atoms with Gasteiger partial charge in [0.2, 0.25) is 5.88 Å². The summed E-state index contributed by atoms with van der Waals surface area (Å²) in [5, 5.41) is 6.65. The van der Waals surface area contributed by atoms with E-state index in [0.717, 1.165) is 49.6 Å². The summed E-state index contributed by atoms with van der Waals surface area (Å²) in [6.45, 7) is 4.26. The molecule has 0 bridgehead atoms. The quantitative estimate of drug-likeness (QED) is 0.554. The molecule has 2 N–H and O–H groups in total. The lowest BCUT2D eigenvalue weighted by Crippen LogP contribution is -2.38. The molecule has 0 spiro atoms. The maximum Gasteiger partial charge on any atom is 0.213 e. The average molecular weight is 367 g/mol. The number of hydrogen-bond acceptors (Lipinski definition) is 4. The summed E-state index contributed by atoms with van der Waals surface area (Å²) in [5.41, 5.74) is 2.17. The summed E-state index contributed by atoms with van der Waals surface area (Å²) >= 11 is 0. The highest BCUT2D eigenvalue weighted by atomic mass is 16.5. The van der Waals surface area contributed by atoms with Crippen LogP contribution in [0.1, 0.15) is 43.9 Å². The van der Waals surface area contributed by atoms with Gasteiger partial charge in [-0.1, -0.05) is 6.07 Å². The predicted octanol–water partition coefficient (Wildman–Crippen LogP) is 3.10. The van der Waals surface area contributed by atoms with Crippen LogP contribution in [0.25, 0.3) is 0 Å². The largest absolute Gasteiger partial charge is 0.474 e. The minimum Gasteiger partial charge on any atom is -0.474 e. The second-order valence-electron chi connectivity index (χ2n) is 6.72. The molecule has 144 valence electrons. The van der Waals surface area contributed by atoms with Gasteiger partial charge in [-0.2, -0.15) is 0 Å². The normalized spacial score (nSPS) is 14.9. The molecule has 0 unspecified atom stereocenters. The second kappa shape index (κ2) is 10.5. The molecule has 0 amide bonds. The third kappa shape index (κ3) is 6.55. The Morgan fingerprint density at radius 2 is 2.04 bits per heavy atom. The lowest BCUT2D eigenvalue weighted by Gasteiger charge is -2.13. The molecule has 1 fully saturated rings. The molecule has 1 saturated carbocycles. The van der Waals surface area contributed by atoms with Crippen molar-refractivity contribution in [3.8, 4) is 5.88 Å². The molecule has 27 heavy (non-hydrogen) atoms. The zero-order valence-corrected chi connectivity index (χ0v) is 16.0. The number of rotatable bonds is 8. The standard InChI is InChI=1S/C21H29N5O/c1-2-22-21(25-14-11-18-7-5-6-12-23-18)26-16-17-10-13-24-20(15-17)27-19-8-3-4-9-19/h5-7,10,12-13,15,19H,2-4,8-9,11,14,16H2,1H3,(H2,22,25,26). The van der Waals surface area contributed by atoms with Crippen molar-refractivity contribution in [2.45, 2.75) is 51.7 Å². The van der Waals surface area contributed by atoms with E-state index in [9.17, 15) is 0 Å². The van der Waals surface area contributed by atoms with Crippen LogP contribution in [0.5, 0.6) is 5.88 Å². The number of aliphatic imine (C=N–C) groups is 1. The van der Waals surface area contributed by atoms with Gasteiger partial charge in [0.15, 0.2) is 5.96 Å². The number of nitrogens with zero attached hydrogens (tertiary/aromatic N) is 3. The van der Waals surface area contributed by atoms with Gasteiger partial charge >= 0.3 is 0 Å². The molecule has 1 aliphatic rings. The van der Waals surface area contributed by atoms with E-state index in [2.05, 4.69) is 32.5 Å². The number of ether oxygens (including phenoxy) is 1. The number of guanidine groups is 1. The Bertz CT molecular complexity index is 714. The molecule has 0 aliphatic heterocycles. The fourth-order valence-electron chi connectivity index (χ4n) is 3.16. The van der Waals surface area contributed by atoms with Crippen LogP contribution in [-0.4, -0.2) is 35.1 Å². The average Bonchev–Trinajstić information content (AvgIpc) is 3.20. The number of aromatic nitrogens is 2. The van der Waals surface area contributed by atoms with Gasteiger partial charge in [0, 0.05) is 43.7 Å². The van der Waals surface area contributed by atoms with Crippen molar-refractivity contribution < 1.29 is 4.74 Å². The lowest BCUT2D eigenvalue weighted by atomic mass is 10.2. The summed E-state index contributed by atoms with van der Waals surface area (Å²) < 4.78 is 5.99. The highest BCUT2D eigenvalue weighted by Crippen LogP contribution is 2.23. The number of pyridine rings is 2. The first-order valence-corrected chi connectivity index (χ1v) is 9.87. The molecule has 0 atom stereocenters. The van der Waals surface area contributed by atoms with Gasteiger partial charge in [-0.25, -0.2) is 9.98 Å². The van der Waals surface area contributed by atoms with Gasteiger partial charge in [0.1, 0.15) is 6.10 Å². The topological polar surface area (TPSA) is 71.4 Å². The monoisotopic (exact) mass is 367 g/mol. The molecular weight excluding hydrogens is 338 g/mol. The SMILES string of the molecule is CCNC(=NCc1ccnc(OC2CCCC2)c1)NCCc1ccccn1. The summed E-state index contributed by atoms with van der Waals surface area (Å²) in [6, 6.07) is 9.97. The Morgan fingerprint density at radius 1 is 1.15 bits per heavy atom. The van der Waals surface area contributed by atoms with Crippen LogP contribution < -0.4 is 15.4 Å². The highest BCUT2D eigenvalue weighted by molar-refractivity contribution is 5.79. The van der Waals surface area contributed by atoms with Gasteiger partial charge in [-0.15, -0.1) is 0 Å². The van der Waals surface area contributed by atoms with Gasteiger partial charge in [0.05, 0.1) is 6.54 Å². The van der Waals surface area contributed by atoms with E-state index in [-0.39, 0.29) is 0 Å². The summed E-state index contributed by atoms with van der Waals surface area (Å²) in [5.74, 6) is 1.52. The molecular formula is C21H29N5O. The second-order valence-corrected chi connectivity index (χ2v) is 6.72.